The highest BCUT2D eigenvalue weighted by Gasteiger charge is 2.67. The van der Waals surface area contributed by atoms with Crippen molar-refractivity contribution in [3.05, 3.63) is 29.8 Å². The Morgan fingerprint density at radius 1 is 1.15 bits per heavy atom. The monoisotopic (exact) mass is 269 g/mol. The van der Waals surface area contributed by atoms with Crippen molar-refractivity contribution in [3.8, 4) is 0 Å². The van der Waals surface area contributed by atoms with Gasteiger partial charge in [0, 0.05) is 24.2 Å². The molecule has 1 aromatic carbocycles. The Bertz CT molecular complexity index is 549. The number of rotatable bonds is 4. The molecule has 3 aliphatic rings. The maximum absolute atomic E-state index is 12.6. The molecule has 3 saturated carbocycles. The van der Waals surface area contributed by atoms with Crippen LogP contribution in [0.25, 0.3) is 0 Å². The fourth-order valence-electron chi connectivity index (χ4n) is 4.79. The lowest BCUT2D eigenvalue weighted by molar-refractivity contribution is -0.107. The van der Waals surface area contributed by atoms with Gasteiger partial charge in [-0.2, -0.15) is 0 Å². The van der Waals surface area contributed by atoms with Crippen molar-refractivity contribution in [3.63, 3.8) is 0 Å². The molecule has 0 spiro atoms. The van der Waals surface area contributed by atoms with E-state index < -0.39 is 0 Å². The molecule has 1 aromatic rings. The smallest absolute Gasteiger partial charge is 0.213 e. The molecule has 0 aliphatic heterocycles. The fourth-order valence-corrected chi connectivity index (χ4v) is 4.79. The van der Waals surface area contributed by atoms with Crippen molar-refractivity contribution in [1.82, 2.24) is 0 Å². The highest BCUT2D eigenvalue weighted by molar-refractivity contribution is 6.00. The number of carbonyl (C=O) groups is 2. The van der Waals surface area contributed by atoms with E-state index in [9.17, 15) is 9.59 Å². The molecule has 3 nitrogen and oxygen atoms in total. The molecule has 0 radical (unpaired) electrons. The molecule has 3 heteroatoms. The number of amides is 1. The molecule has 3 fully saturated rings. The summed E-state index contributed by atoms with van der Waals surface area (Å²) in [4.78, 5) is 24.8. The third-order valence-electron chi connectivity index (χ3n) is 5.76. The third kappa shape index (κ3) is 1.58. The number of carbonyl (C=O) groups excluding carboxylic acids is 2. The normalized spacial score (nSPS) is 36.5. The maximum Gasteiger partial charge on any atom is 0.213 e. The van der Waals surface area contributed by atoms with Crippen molar-refractivity contribution in [2.45, 2.75) is 19.3 Å². The fraction of sp³-hybridized carbons (Fsp3) is 0.529. The van der Waals surface area contributed by atoms with Crippen molar-refractivity contribution < 1.29 is 9.59 Å². The summed E-state index contributed by atoms with van der Waals surface area (Å²) in [5.41, 5.74) is 1.64. The van der Waals surface area contributed by atoms with Crippen LogP contribution in [0.5, 0.6) is 0 Å². The van der Waals surface area contributed by atoms with Gasteiger partial charge in [-0.15, -0.1) is 0 Å². The summed E-state index contributed by atoms with van der Waals surface area (Å²) in [6.45, 7) is 0. The zero-order chi connectivity index (χ0) is 13.9. The second-order valence-electron chi connectivity index (χ2n) is 6.64. The van der Waals surface area contributed by atoms with Crippen LogP contribution in [-0.2, 0) is 4.79 Å². The van der Waals surface area contributed by atoms with Gasteiger partial charge in [-0.3, -0.25) is 9.59 Å². The molecule has 0 N–H and O–H groups in total. The molecule has 0 aromatic heterocycles. The SMILES string of the molecule is CN(C=O)c1ccc(C(=O)C2C3C4CCC(C4)C23)cc1. The van der Waals surface area contributed by atoms with Crippen molar-refractivity contribution in [2.75, 3.05) is 11.9 Å². The molecule has 3 aliphatic carbocycles. The average Bonchev–Trinajstić information content (AvgIpc) is 2.93. The summed E-state index contributed by atoms with van der Waals surface area (Å²) >= 11 is 0. The van der Waals surface area contributed by atoms with Crippen LogP contribution >= 0.6 is 0 Å². The Labute approximate surface area is 119 Å². The standard InChI is InChI=1S/C17H19NO2/c1-18(9-19)13-6-4-10(5-7-13)17(20)16-14-11-2-3-12(8-11)15(14)16/h4-7,9,11-12,14-16H,2-3,8H2,1H3. The van der Waals surface area contributed by atoms with E-state index in [-0.39, 0.29) is 0 Å². The first-order chi connectivity index (χ1) is 9.70. The second kappa shape index (κ2) is 4.18. The Kier molecular flexibility index (Phi) is 2.53. The average molecular weight is 269 g/mol. The van der Waals surface area contributed by atoms with Crippen LogP contribution in [0.15, 0.2) is 24.3 Å². The summed E-state index contributed by atoms with van der Waals surface area (Å²) in [6, 6.07) is 7.45. The van der Waals surface area contributed by atoms with E-state index in [1.807, 2.05) is 24.3 Å². The molecule has 4 atom stereocenters. The van der Waals surface area contributed by atoms with Gasteiger partial charge in [-0.25, -0.2) is 0 Å². The van der Waals surface area contributed by atoms with Crippen molar-refractivity contribution >= 4 is 17.9 Å². The molecule has 20 heavy (non-hydrogen) atoms. The quantitative estimate of drug-likeness (QED) is 0.622. The Hall–Kier alpha value is -1.64. The van der Waals surface area contributed by atoms with E-state index in [0.29, 0.717) is 23.5 Å². The number of anilines is 1. The van der Waals surface area contributed by atoms with E-state index >= 15 is 0 Å². The van der Waals surface area contributed by atoms with Crippen LogP contribution in [0, 0.1) is 29.6 Å². The Morgan fingerprint density at radius 3 is 2.30 bits per heavy atom. The van der Waals surface area contributed by atoms with Crippen molar-refractivity contribution in [2.24, 2.45) is 29.6 Å². The van der Waals surface area contributed by atoms with Gasteiger partial charge in [0.2, 0.25) is 6.41 Å². The van der Waals surface area contributed by atoms with Gasteiger partial charge >= 0.3 is 0 Å². The molecule has 4 rings (SSSR count). The van der Waals surface area contributed by atoms with E-state index in [0.717, 1.165) is 29.5 Å². The first-order valence-electron chi connectivity index (χ1n) is 7.53. The third-order valence-corrected chi connectivity index (χ3v) is 5.76. The molecular formula is C17H19NO2. The minimum atomic E-state index is 0.302. The lowest BCUT2D eigenvalue weighted by Crippen LogP contribution is -2.14. The minimum Gasteiger partial charge on any atom is -0.318 e. The summed E-state index contributed by atoms with van der Waals surface area (Å²) in [5.74, 6) is 3.68. The van der Waals surface area contributed by atoms with Gasteiger partial charge in [0.05, 0.1) is 0 Å². The summed E-state index contributed by atoms with van der Waals surface area (Å²) < 4.78 is 0. The van der Waals surface area contributed by atoms with E-state index in [4.69, 9.17) is 0 Å². The number of hydrogen-bond acceptors (Lipinski definition) is 2. The zero-order valence-corrected chi connectivity index (χ0v) is 11.7. The van der Waals surface area contributed by atoms with Gasteiger partial charge in [0.15, 0.2) is 5.78 Å². The van der Waals surface area contributed by atoms with Gasteiger partial charge < -0.3 is 4.90 Å². The molecule has 2 bridgehead atoms. The lowest BCUT2D eigenvalue weighted by atomic mass is 9.96. The van der Waals surface area contributed by atoms with E-state index in [2.05, 4.69) is 0 Å². The van der Waals surface area contributed by atoms with Gasteiger partial charge in [-0.05, 0) is 67.2 Å². The van der Waals surface area contributed by atoms with Gasteiger partial charge in [0.25, 0.3) is 0 Å². The number of Topliss-reactive ketones (excluding diaryl/α,β-unsaturated/α-hetero) is 1. The van der Waals surface area contributed by atoms with Crippen LogP contribution in [0.4, 0.5) is 5.69 Å². The molecule has 0 heterocycles. The van der Waals surface area contributed by atoms with E-state index in [1.165, 1.54) is 24.2 Å². The summed E-state index contributed by atoms with van der Waals surface area (Å²) in [6.07, 6.45) is 4.85. The number of benzene rings is 1. The number of hydrogen-bond donors (Lipinski definition) is 0. The predicted molar refractivity (Wildman–Crippen MR) is 76.5 cm³/mol. The minimum absolute atomic E-state index is 0.302. The first-order valence-corrected chi connectivity index (χ1v) is 7.53. The van der Waals surface area contributed by atoms with Crippen molar-refractivity contribution in [1.29, 1.82) is 0 Å². The molecule has 104 valence electrons. The second-order valence-corrected chi connectivity index (χ2v) is 6.64. The number of fused-ring (bicyclic) bond motifs is 5. The zero-order valence-electron chi connectivity index (χ0n) is 11.7. The molecule has 0 saturated heterocycles. The topological polar surface area (TPSA) is 37.4 Å². The largest absolute Gasteiger partial charge is 0.318 e. The van der Waals surface area contributed by atoms with Gasteiger partial charge in [-0.1, -0.05) is 0 Å². The highest BCUT2D eigenvalue weighted by Crippen LogP contribution is 2.69. The van der Waals surface area contributed by atoms with Gasteiger partial charge in [0.1, 0.15) is 0 Å². The molecular weight excluding hydrogens is 250 g/mol. The highest BCUT2D eigenvalue weighted by atomic mass is 16.1. The van der Waals surface area contributed by atoms with Crippen LogP contribution in [-0.4, -0.2) is 19.2 Å². The maximum atomic E-state index is 12.6. The number of ketones is 1. The first kappa shape index (κ1) is 12.1. The lowest BCUT2D eigenvalue weighted by Gasteiger charge is -2.12. The summed E-state index contributed by atoms with van der Waals surface area (Å²) in [7, 11) is 1.72. The Morgan fingerprint density at radius 2 is 1.75 bits per heavy atom. The van der Waals surface area contributed by atoms with Crippen LogP contribution in [0.2, 0.25) is 0 Å². The van der Waals surface area contributed by atoms with Crippen LogP contribution in [0.1, 0.15) is 29.6 Å². The Balaban J connectivity index is 1.51. The number of nitrogens with zero attached hydrogens (tertiary/aromatic N) is 1. The van der Waals surface area contributed by atoms with Crippen LogP contribution in [0.3, 0.4) is 0 Å². The molecule has 1 amide bonds. The van der Waals surface area contributed by atoms with E-state index in [1.54, 1.807) is 7.05 Å². The predicted octanol–water partition coefficient (Wildman–Crippen LogP) is 2.75. The molecule has 4 unspecified atom stereocenters. The van der Waals surface area contributed by atoms with Crippen LogP contribution < -0.4 is 4.90 Å². The summed E-state index contributed by atoms with van der Waals surface area (Å²) in [5, 5.41) is 0.